The Labute approximate surface area is 169 Å². The molecule has 2 N–H and O–H groups in total. The molecule has 1 saturated heterocycles. The summed E-state index contributed by atoms with van der Waals surface area (Å²) in [5.41, 5.74) is 2.00. The molecule has 0 spiro atoms. The molecule has 7 heteroatoms. The van der Waals surface area contributed by atoms with Crippen LogP contribution in [0.2, 0.25) is 0 Å². The molecule has 0 aliphatic carbocycles. The lowest BCUT2D eigenvalue weighted by Gasteiger charge is -2.40. The van der Waals surface area contributed by atoms with Gasteiger partial charge in [0.25, 0.3) is 5.91 Å². The first-order valence-corrected chi connectivity index (χ1v) is 9.97. The molecule has 0 unspecified atom stereocenters. The van der Waals surface area contributed by atoms with E-state index in [9.17, 15) is 9.18 Å². The number of piperidine rings is 1. The average Bonchev–Trinajstić information content (AvgIpc) is 3.10. The van der Waals surface area contributed by atoms with E-state index < -0.39 is 0 Å². The third-order valence-electron chi connectivity index (χ3n) is 5.62. The number of fused-ring (bicyclic) bond motifs is 1. The number of halogens is 1. The summed E-state index contributed by atoms with van der Waals surface area (Å²) >= 11 is 0. The normalized spacial score (nSPS) is 16.3. The monoisotopic (exact) mass is 395 g/mol. The summed E-state index contributed by atoms with van der Waals surface area (Å²) in [6, 6.07) is 6.71. The minimum atomic E-state index is -0.379. The first-order valence-electron chi connectivity index (χ1n) is 9.97. The number of likely N-dealkylation sites (tertiary alicyclic amines) is 1. The van der Waals surface area contributed by atoms with E-state index in [1.165, 1.54) is 6.07 Å². The minimum Gasteiger partial charge on any atom is -0.348 e. The van der Waals surface area contributed by atoms with Crippen LogP contribution in [0.4, 0.5) is 4.39 Å². The van der Waals surface area contributed by atoms with Crippen molar-refractivity contribution in [2.24, 2.45) is 0 Å². The van der Waals surface area contributed by atoms with Crippen LogP contribution in [0.3, 0.4) is 0 Å². The van der Waals surface area contributed by atoms with Gasteiger partial charge in [0.15, 0.2) is 5.69 Å². The first-order chi connectivity index (χ1) is 13.8. The average molecular weight is 395 g/mol. The Hall–Kier alpha value is -2.80. The molecule has 152 valence electrons. The Morgan fingerprint density at radius 3 is 2.69 bits per heavy atom. The number of carbonyl (C=O) groups is 1. The van der Waals surface area contributed by atoms with Crippen molar-refractivity contribution in [2.45, 2.75) is 45.2 Å². The molecule has 3 heterocycles. The second kappa shape index (κ2) is 7.55. The standard InChI is InChI=1S/C22H26FN5O/c1-22(2,3)28-9-6-15(7-10-28)25-21(29)20-17-11-16(14-5-4-8-24-13-14)18(23)12-19(17)26-27-20/h4-5,8,11-13,15H,6-7,9-10H2,1-3H3,(H,25,29)(H,26,27). The summed E-state index contributed by atoms with van der Waals surface area (Å²) in [5, 5.41) is 10.7. The number of aromatic nitrogens is 3. The number of aromatic amines is 1. The molecule has 0 saturated carbocycles. The van der Waals surface area contributed by atoms with Crippen molar-refractivity contribution in [1.82, 2.24) is 25.4 Å². The molecule has 3 aromatic rings. The number of hydrogen-bond acceptors (Lipinski definition) is 4. The number of amides is 1. The van der Waals surface area contributed by atoms with Gasteiger partial charge in [-0.25, -0.2) is 4.39 Å². The van der Waals surface area contributed by atoms with Gasteiger partial charge < -0.3 is 5.32 Å². The van der Waals surface area contributed by atoms with E-state index in [0.29, 0.717) is 27.7 Å². The Balaban J connectivity index is 1.54. The summed E-state index contributed by atoms with van der Waals surface area (Å²) in [5.74, 6) is -0.607. The molecule has 1 aromatic carbocycles. The lowest BCUT2D eigenvalue weighted by molar-refractivity contribution is 0.0810. The number of pyridine rings is 1. The maximum Gasteiger partial charge on any atom is 0.272 e. The summed E-state index contributed by atoms with van der Waals surface area (Å²) in [6.45, 7) is 8.53. The van der Waals surface area contributed by atoms with Crippen molar-refractivity contribution in [3.05, 3.63) is 48.2 Å². The Bertz CT molecular complexity index is 1020. The molecule has 2 aromatic heterocycles. The van der Waals surface area contributed by atoms with Gasteiger partial charge in [-0.3, -0.25) is 19.8 Å². The van der Waals surface area contributed by atoms with Gasteiger partial charge in [-0.2, -0.15) is 5.10 Å². The lowest BCUT2D eigenvalue weighted by Crippen LogP contribution is -2.50. The maximum absolute atomic E-state index is 14.5. The zero-order valence-corrected chi connectivity index (χ0v) is 17.0. The molecular formula is C22H26FN5O. The third-order valence-corrected chi connectivity index (χ3v) is 5.62. The summed E-state index contributed by atoms with van der Waals surface area (Å²) < 4.78 is 14.5. The van der Waals surface area contributed by atoms with Gasteiger partial charge >= 0.3 is 0 Å². The van der Waals surface area contributed by atoms with Crippen LogP contribution in [-0.4, -0.2) is 50.7 Å². The van der Waals surface area contributed by atoms with Crippen molar-refractivity contribution in [1.29, 1.82) is 0 Å². The molecular weight excluding hydrogens is 369 g/mol. The van der Waals surface area contributed by atoms with E-state index in [2.05, 4.69) is 46.2 Å². The molecule has 0 atom stereocenters. The Morgan fingerprint density at radius 2 is 2.03 bits per heavy atom. The van der Waals surface area contributed by atoms with E-state index in [0.717, 1.165) is 25.9 Å². The van der Waals surface area contributed by atoms with E-state index in [1.54, 1.807) is 30.6 Å². The highest BCUT2D eigenvalue weighted by Gasteiger charge is 2.28. The number of nitrogens with one attached hydrogen (secondary N) is 2. The van der Waals surface area contributed by atoms with Crippen LogP contribution >= 0.6 is 0 Å². The van der Waals surface area contributed by atoms with E-state index in [1.807, 2.05) is 0 Å². The molecule has 0 radical (unpaired) electrons. The van der Waals surface area contributed by atoms with Crippen molar-refractivity contribution in [2.75, 3.05) is 13.1 Å². The minimum absolute atomic E-state index is 0.117. The molecule has 1 amide bonds. The largest absolute Gasteiger partial charge is 0.348 e. The number of carbonyl (C=O) groups excluding carboxylic acids is 1. The van der Waals surface area contributed by atoms with E-state index in [-0.39, 0.29) is 23.3 Å². The number of H-pyrrole nitrogens is 1. The highest BCUT2D eigenvalue weighted by atomic mass is 19.1. The van der Waals surface area contributed by atoms with Crippen molar-refractivity contribution < 1.29 is 9.18 Å². The van der Waals surface area contributed by atoms with Gasteiger partial charge in [0.2, 0.25) is 0 Å². The summed E-state index contributed by atoms with van der Waals surface area (Å²) in [7, 11) is 0. The van der Waals surface area contributed by atoms with Gasteiger partial charge in [-0.15, -0.1) is 0 Å². The zero-order chi connectivity index (χ0) is 20.6. The zero-order valence-electron chi connectivity index (χ0n) is 17.0. The predicted molar refractivity (Wildman–Crippen MR) is 111 cm³/mol. The van der Waals surface area contributed by atoms with Crippen molar-refractivity contribution in [3.63, 3.8) is 0 Å². The fourth-order valence-electron chi connectivity index (χ4n) is 3.90. The van der Waals surface area contributed by atoms with Crippen LogP contribution in [0.1, 0.15) is 44.1 Å². The van der Waals surface area contributed by atoms with Gasteiger partial charge in [0, 0.05) is 59.6 Å². The lowest BCUT2D eigenvalue weighted by atomic mass is 9.98. The van der Waals surface area contributed by atoms with E-state index in [4.69, 9.17) is 0 Å². The molecule has 29 heavy (non-hydrogen) atoms. The summed E-state index contributed by atoms with van der Waals surface area (Å²) in [6.07, 6.45) is 5.05. The molecule has 4 rings (SSSR count). The third kappa shape index (κ3) is 4.00. The topological polar surface area (TPSA) is 73.9 Å². The highest BCUT2D eigenvalue weighted by molar-refractivity contribution is 6.05. The van der Waals surface area contributed by atoms with Crippen molar-refractivity contribution in [3.8, 4) is 11.1 Å². The molecule has 0 bridgehead atoms. The number of benzene rings is 1. The smallest absolute Gasteiger partial charge is 0.272 e. The number of hydrogen-bond donors (Lipinski definition) is 2. The van der Waals surface area contributed by atoms with Gasteiger partial charge in [-0.05, 0) is 45.7 Å². The predicted octanol–water partition coefficient (Wildman–Crippen LogP) is 3.76. The Morgan fingerprint density at radius 1 is 1.28 bits per heavy atom. The fraction of sp³-hybridized carbons (Fsp3) is 0.409. The molecule has 6 nitrogen and oxygen atoms in total. The molecule has 1 aliphatic rings. The van der Waals surface area contributed by atoms with Gasteiger partial charge in [0.05, 0.1) is 5.52 Å². The molecule has 1 aliphatic heterocycles. The van der Waals surface area contributed by atoms with Gasteiger partial charge in [-0.1, -0.05) is 6.07 Å². The van der Waals surface area contributed by atoms with Crippen LogP contribution in [-0.2, 0) is 0 Å². The quantitative estimate of drug-likeness (QED) is 0.708. The van der Waals surface area contributed by atoms with Crippen LogP contribution in [0.15, 0.2) is 36.7 Å². The number of nitrogens with zero attached hydrogens (tertiary/aromatic N) is 3. The first kappa shape index (κ1) is 19.5. The SMILES string of the molecule is CC(C)(C)N1CCC(NC(=O)c2n[nH]c3cc(F)c(-c4cccnc4)cc23)CC1. The van der Waals surface area contributed by atoms with Crippen LogP contribution in [0.25, 0.3) is 22.0 Å². The highest BCUT2D eigenvalue weighted by Crippen LogP contribution is 2.28. The fourth-order valence-corrected chi connectivity index (χ4v) is 3.90. The second-order valence-electron chi connectivity index (χ2n) is 8.60. The van der Waals surface area contributed by atoms with Crippen LogP contribution < -0.4 is 5.32 Å². The second-order valence-corrected chi connectivity index (χ2v) is 8.60. The van der Waals surface area contributed by atoms with Crippen LogP contribution in [0, 0.1) is 5.82 Å². The van der Waals surface area contributed by atoms with Crippen molar-refractivity contribution >= 4 is 16.8 Å². The van der Waals surface area contributed by atoms with E-state index >= 15 is 0 Å². The van der Waals surface area contributed by atoms with Crippen LogP contribution in [0.5, 0.6) is 0 Å². The summed E-state index contributed by atoms with van der Waals surface area (Å²) in [4.78, 5) is 19.4. The molecule has 1 fully saturated rings. The van der Waals surface area contributed by atoms with Gasteiger partial charge in [0.1, 0.15) is 5.82 Å². The Kier molecular flexibility index (Phi) is 5.08. The maximum atomic E-state index is 14.5. The number of rotatable bonds is 3.